The van der Waals surface area contributed by atoms with E-state index in [1.54, 1.807) is 17.2 Å². The smallest absolute Gasteiger partial charge is 0.266 e. The number of thioether (sulfide) groups is 1. The molecule has 4 rings (SSSR count). The lowest BCUT2D eigenvalue weighted by Gasteiger charge is -2.12. The number of furan rings is 1. The number of ether oxygens (including phenoxy) is 1. The monoisotopic (exact) mass is 421 g/mol. The van der Waals surface area contributed by atoms with Gasteiger partial charge in [-0.3, -0.25) is 9.69 Å². The van der Waals surface area contributed by atoms with E-state index in [9.17, 15) is 4.79 Å². The van der Waals surface area contributed by atoms with Crippen LogP contribution in [-0.2, 0) is 17.9 Å². The number of thiocarbonyl (C=S) groups is 1. The van der Waals surface area contributed by atoms with Crippen molar-refractivity contribution in [3.63, 3.8) is 0 Å². The Morgan fingerprint density at radius 3 is 2.72 bits per heavy atom. The van der Waals surface area contributed by atoms with Crippen LogP contribution in [0, 0.1) is 6.92 Å². The fourth-order valence-electron chi connectivity index (χ4n) is 2.89. The fraction of sp³-hybridized carbons (Fsp3) is 0.130. The highest BCUT2D eigenvalue weighted by Gasteiger charge is 2.32. The Labute approximate surface area is 179 Å². The second-order valence-electron chi connectivity index (χ2n) is 6.69. The van der Waals surface area contributed by atoms with E-state index >= 15 is 0 Å². The van der Waals surface area contributed by atoms with Crippen LogP contribution in [0.3, 0.4) is 0 Å². The van der Waals surface area contributed by atoms with Gasteiger partial charge in [-0.05, 0) is 48.4 Å². The van der Waals surface area contributed by atoms with Gasteiger partial charge < -0.3 is 9.15 Å². The van der Waals surface area contributed by atoms with E-state index in [0.29, 0.717) is 28.1 Å². The van der Waals surface area contributed by atoms with Crippen LogP contribution in [0.5, 0.6) is 5.75 Å². The quantitative estimate of drug-likeness (QED) is 0.385. The van der Waals surface area contributed by atoms with Crippen LogP contribution >= 0.6 is 24.0 Å². The molecule has 2 aromatic carbocycles. The number of amides is 1. The molecule has 1 saturated heterocycles. The molecule has 0 bridgehead atoms. The van der Waals surface area contributed by atoms with Crippen molar-refractivity contribution in [1.29, 1.82) is 0 Å². The molecule has 0 radical (unpaired) electrons. The van der Waals surface area contributed by atoms with E-state index in [4.69, 9.17) is 21.4 Å². The van der Waals surface area contributed by atoms with Gasteiger partial charge in [0.25, 0.3) is 5.91 Å². The summed E-state index contributed by atoms with van der Waals surface area (Å²) >= 11 is 6.68. The van der Waals surface area contributed by atoms with Gasteiger partial charge in [0.05, 0.1) is 17.7 Å². The van der Waals surface area contributed by atoms with Gasteiger partial charge >= 0.3 is 0 Å². The van der Waals surface area contributed by atoms with Crippen LogP contribution in [-0.4, -0.2) is 15.1 Å². The van der Waals surface area contributed by atoms with Crippen molar-refractivity contribution in [2.45, 2.75) is 20.1 Å². The predicted molar refractivity (Wildman–Crippen MR) is 119 cm³/mol. The average molecular weight is 422 g/mol. The number of rotatable bonds is 6. The number of hydrogen-bond acceptors (Lipinski definition) is 5. The molecule has 1 amide bonds. The van der Waals surface area contributed by atoms with Crippen LogP contribution in [0.4, 0.5) is 0 Å². The van der Waals surface area contributed by atoms with E-state index in [2.05, 4.69) is 31.2 Å². The first kappa shape index (κ1) is 19.5. The highest BCUT2D eigenvalue weighted by Crippen LogP contribution is 2.34. The topological polar surface area (TPSA) is 42.7 Å². The number of hydrogen-bond donors (Lipinski definition) is 0. The Kier molecular flexibility index (Phi) is 5.83. The van der Waals surface area contributed by atoms with E-state index in [0.717, 1.165) is 16.9 Å². The molecule has 0 atom stereocenters. The molecule has 1 aliphatic heterocycles. The summed E-state index contributed by atoms with van der Waals surface area (Å²) in [4.78, 5) is 14.9. The number of benzene rings is 2. The van der Waals surface area contributed by atoms with Gasteiger partial charge in [0.15, 0.2) is 0 Å². The van der Waals surface area contributed by atoms with Crippen LogP contribution in [0.2, 0.25) is 0 Å². The molecule has 6 heteroatoms. The summed E-state index contributed by atoms with van der Waals surface area (Å²) in [5.74, 6) is 1.35. The standard InChI is InChI=1S/C23H19NO3S2/c1-16-7-9-17(10-8-16)15-27-19-5-2-4-18(12-19)13-21-22(25)24(23(28)29-21)14-20-6-3-11-26-20/h2-13H,14-15H2,1H3. The first-order chi connectivity index (χ1) is 14.1. The predicted octanol–water partition coefficient (Wildman–Crippen LogP) is 5.57. The van der Waals surface area contributed by atoms with Crippen molar-refractivity contribution in [3.05, 3.63) is 94.3 Å². The zero-order valence-corrected chi connectivity index (χ0v) is 17.5. The van der Waals surface area contributed by atoms with Crippen molar-refractivity contribution < 1.29 is 13.9 Å². The summed E-state index contributed by atoms with van der Waals surface area (Å²) in [6, 6.07) is 19.6. The largest absolute Gasteiger partial charge is 0.489 e. The molecule has 0 N–H and O–H groups in total. The molecular formula is C23H19NO3S2. The fourth-order valence-corrected chi connectivity index (χ4v) is 4.15. The summed E-state index contributed by atoms with van der Waals surface area (Å²) < 4.78 is 11.8. The molecule has 1 aromatic heterocycles. The molecule has 0 spiro atoms. The van der Waals surface area contributed by atoms with E-state index in [1.807, 2.05) is 36.4 Å². The minimum absolute atomic E-state index is 0.109. The van der Waals surface area contributed by atoms with Crippen LogP contribution in [0.1, 0.15) is 22.5 Å². The molecule has 29 heavy (non-hydrogen) atoms. The molecule has 0 aliphatic carbocycles. The summed E-state index contributed by atoms with van der Waals surface area (Å²) in [5.41, 5.74) is 3.23. The van der Waals surface area contributed by atoms with Gasteiger partial charge in [0.2, 0.25) is 0 Å². The normalized spacial score (nSPS) is 15.3. The Bertz CT molecular complexity index is 1060. The summed E-state index contributed by atoms with van der Waals surface area (Å²) in [6.45, 7) is 2.90. The molecular weight excluding hydrogens is 402 g/mol. The Hall–Kier alpha value is -2.83. The van der Waals surface area contributed by atoms with E-state index in [1.165, 1.54) is 17.3 Å². The highest BCUT2D eigenvalue weighted by atomic mass is 32.2. The van der Waals surface area contributed by atoms with Crippen molar-refractivity contribution >= 4 is 40.3 Å². The van der Waals surface area contributed by atoms with Gasteiger partial charge in [-0.2, -0.15) is 0 Å². The second kappa shape index (κ2) is 8.68. The summed E-state index contributed by atoms with van der Waals surface area (Å²) in [6.07, 6.45) is 3.44. The molecule has 0 unspecified atom stereocenters. The van der Waals surface area contributed by atoms with Gasteiger partial charge in [-0.1, -0.05) is 65.9 Å². The summed E-state index contributed by atoms with van der Waals surface area (Å²) in [5, 5.41) is 0. The lowest BCUT2D eigenvalue weighted by molar-refractivity contribution is -0.122. The lowest BCUT2D eigenvalue weighted by atomic mass is 10.1. The molecule has 4 nitrogen and oxygen atoms in total. The molecule has 1 fully saturated rings. The maximum absolute atomic E-state index is 12.7. The molecule has 2 heterocycles. The Balaban J connectivity index is 1.45. The van der Waals surface area contributed by atoms with Crippen LogP contribution < -0.4 is 4.74 Å². The van der Waals surface area contributed by atoms with Crippen molar-refractivity contribution in [2.24, 2.45) is 0 Å². The molecule has 146 valence electrons. The van der Waals surface area contributed by atoms with Crippen LogP contribution in [0.25, 0.3) is 6.08 Å². The van der Waals surface area contributed by atoms with Crippen molar-refractivity contribution in [2.75, 3.05) is 0 Å². The van der Waals surface area contributed by atoms with Gasteiger partial charge in [-0.25, -0.2) is 0 Å². The van der Waals surface area contributed by atoms with Gasteiger partial charge in [-0.15, -0.1) is 0 Å². The van der Waals surface area contributed by atoms with Crippen LogP contribution in [0.15, 0.2) is 76.2 Å². The van der Waals surface area contributed by atoms with E-state index < -0.39 is 0 Å². The average Bonchev–Trinajstić information content (AvgIpc) is 3.32. The minimum Gasteiger partial charge on any atom is -0.489 e. The van der Waals surface area contributed by atoms with E-state index in [-0.39, 0.29) is 5.91 Å². The molecule has 0 saturated carbocycles. The Morgan fingerprint density at radius 2 is 1.97 bits per heavy atom. The highest BCUT2D eigenvalue weighted by molar-refractivity contribution is 8.26. The zero-order valence-electron chi connectivity index (χ0n) is 15.8. The lowest BCUT2D eigenvalue weighted by Crippen LogP contribution is -2.27. The third kappa shape index (κ3) is 4.78. The first-order valence-corrected chi connectivity index (χ1v) is 10.4. The number of aryl methyl sites for hydroxylation is 1. The van der Waals surface area contributed by atoms with Crippen molar-refractivity contribution in [1.82, 2.24) is 4.90 Å². The summed E-state index contributed by atoms with van der Waals surface area (Å²) in [7, 11) is 0. The minimum atomic E-state index is -0.109. The second-order valence-corrected chi connectivity index (χ2v) is 8.37. The first-order valence-electron chi connectivity index (χ1n) is 9.15. The van der Waals surface area contributed by atoms with Gasteiger partial charge in [0.1, 0.15) is 22.4 Å². The number of carbonyl (C=O) groups excluding carboxylic acids is 1. The molecule has 1 aliphatic rings. The van der Waals surface area contributed by atoms with Crippen molar-refractivity contribution in [3.8, 4) is 5.75 Å². The SMILES string of the molecule is Cc1ccc(COc2cccc(C=C3SC(=S)N(Cc4ccco4)C3=O)c2)cc1. The third-order valence-electron chi connectivity index (χ3n) is 4.45. The van der Waals surface area contributed by atoms with Gasteiger partial charge in [0, 0.05) is 0 Å². The number of carbonyl (C=O) groups is 1. The third-order valence-corrected chi connectivity index (χ3v) is 5.83. The number of nitrogens with zero attached hydrogens (tertiary/aromatic N) is 1. The maximum atomic E-state index is 12.7. The maximum Gasteiger partial charge on any atom is 0.266 e. The zero-order chi connectivity index (χ0) is 20.2. The molecule has 3 aromatic rings. The Morgan fingerprint density at radius 1 is 1.14 bits per heavy atom.